The first-order valence-corrected chi connectivity index (χ1v) is 10.5. The number of aromatic nitrogens is 2. The number of rotatable bonds is 5. The molecule has 0 bridgehead atoms. The fourth-order valence-corrected chi connectivity index (χ4v) is 3.57. The molecular formula is C25H23N3O4. The molecule has 0 atom stereocenters. The minimum atomic E-state index is -0.187. The van der Waals surface area contributed by atoms with E-state index in [1.165, 1.54) is 0 Å². The maximum Gasteiger partial charge on any atom is 0.255 e. The number of carbonyl (C=O) groups is 1. The van der Waals surface area contributed by atoms with Crippen molar-refractivity contribution in [3.05, 3.63) is 72.6 Å². The largest absolute Gasteiger partial charge is 0.491 e. The summed E-state index contributed by atoms with van der Waals surface area (Å²) in [4.78, 5) is 17.3. The van der Waals surface area contributed by atoms with Gasteiger partial charge in [-0.2, -0.15) is 0 Å². The van der Waals surface area contributed by atoms with Gasteiger partial charge in [-0.05, 0) is 68.4 Å². The van der Waals surface area contributed by atoms with Gasteiger partial charge in [-0.15, -0.1) is 0 Å². The number of anilines is 1. The molecule has 32 heavy (non-hydrogen) atoms. The van der Waals surface area contributed by atoms with Crippen molar-refractivity contribution >= 4 is 17.2 Å². The summed E-state index contributed by atoms with van der Waals surface area (Å²) in [5, 5.41) is 2.94. The van der Waals surface area contributed by atoms with E-state index in [4.69, 9.17) is 14.2 Å². The lowest BCUT2D eigenvalue weighted by Gasteiger charge is -2.18. The molecule has 7 nitrogen and oxygen atoms in total. The van der Waals surface area contributed by atoms with Gasteiger partial charge in [-0.1, -0.05) is 0 Å². The van der Waals surface area contributed by atoms with Crippen LogP contribution in [0, 0.1) is 0 Å². The van der Waals surface area contributed by atoms with E-state index in [-0.39, 0.29) is 12.0 Å². The number of hydrogen-bond donors (Lipinski definition) is 1. The van der Waals surface area contributed by atoms with E-state index < -0.39 is 0 Å². The molecule has 162 valence electrons. The number of hydrogen-bond acceptors (Lipinski definition) is 5. The number of imidazole rings is 1. The molecule has 0 unspecified atom stereocenters. The smallest absolute Gasteiger partial charge is 0.255 e. The van der Waals surface area contributed by atoms with Gasteiger partial charge in [0.05, 0.1) is 17.5 Å². The van der Waals surface area contributed by atoms with Crippen LogP contribution in [0.25, 0.3) is 16.9 Å². The van der Waals surface area contributed by atoms with E-state index in [9.17, 15) is 4.79 Å². The van der Waals surface area contributed by atoms with Crippen LogP contribution >= 0.6 is 0 Å². The second kappa shape index (κ2) is 8.26. The van der Waals surface area contributed by atoms with Gasteiger partial charge in [0, 0.05) is 23.5 Å². The number of ether oxygens (including phenoxy) is 3. The van der Waals surface area contributed by atoms with Crippen LogP contribution in [0.15, 0.2) is 67.0 Å². The first-order valence-electron chi connectivity index (χ1n) is 10.5. The van der Waals surface area contributed by atoms with Crippen LogP contribution in [0.2, 0.25) is 0 Å². The van der Waals surface area contributed by atoms with Gasteiger partial charge in [0.1, 0.15) is 24.6 Å². The molecule has 7 heteroatoms. The molecule has 0 saturated carbocycles. The summed E-state index contributed by atoms with van der Waals surface area (Å²) in [5.41, 5.74) is 3.77. The van der Waals surface area contributed by atoms with Crippen LogP contribution in [0.3, 0.4) is 0 Å². The zero-order valence-electron chi connectivity index (χ0n) is 17.9. The minimum absolute atomic E-state index is 0.0867. The molecule has 1 aliphatic rings. The minimum Gasteiger partial charge on any atom is -0.491 e. The molecule has 2 aromatic heterocycles. The number of fused-ring (bicyclic) bond motifs is 2. The standard InChI is InChI=1S/C25H23N3O4/c1-16(2)32-20-7-3-17(4-8-20)25(29)26-19-6-10-24-27-21(15-28(24)14-19)18-5-9-22-23(13-18)31-12-11-30-22/h3-10,13-16H,11-12H2,1-2H3,(H,26,29). The molecule has 5 rings (SSSR count). The van der Waals surface area contributed by atoms with Crippen molar-refractivity contribution in [1.82, 2.24) is 9.38 Å². The number of pyridine rings is 1. The highest BCUT2D eigenvalue weighted by atomic mass is 16.6. The quantitative estimate of drug-likeness (QED) is 0.493. The summed E-state index contributed by atoms with van der Waals surface area (Å²) in [6.07, 6.45) is 3.86. The summed E-state index contributed by atoms with van der Waals surface area (Å²) < 4.78 is 18.8. The van der Waals surface area contributed by atoms with E-state index >= 15 is 0 Å². The van der Waals surface area contributed by atoms with E-state index in [0.717, 1.165) is 34.2 Å². The van der Waals surface area contributed by atoms with Crippen LogP contribution in [-0.2, 0) is 0 Å². The van der Waals surface area contributed by atoms with Crippen molar-refractivity contribution in [3.8, 4) is 28.5 Å². The van der Waals surface area contributed by atoms with Crippen LogP contribution in [0.1, 0.15) is 24.2 Å². The van der Waals surface area contributed by atoms with Crippen LogP contribution in [-0.4, -0.2) is 34.6 Å². The van der Waals surface area contributed by atoms with Gasteiger partial charge in [-0.25, -0.2) is 4.98 Å². The monoisotopic (exact) mass is 429 g/mol. The summed E-state index contributed by atoms with van der Waals surface area (Å²) in [5.74, 6) is 2.02. The number of amides is 1. The van der Waals surface area contributed by atoms with Crippen molar-refractivity contribution in [3.63, 3.8) is 0 Å². The number of nitrogens with zero attached hydrogens (tertiary/aromatic N) is 2. The molecule has 0 spiro atoms. The first kappa shape index (κ1) is 19.9. The maximum absolute atomic E-state index is 12.6. The first-order chi connectivity index (χ1) is 15.5. The Labute approximate surface area is 185 Å². The van der Waals surface area contributed by atoms with Gasteiger partial charge >= 0.3 is 0 Å². The lowest BCUT2D eigenvalue weighted by Crippen LogP contribution is -2.15. The Morgan fingerprint density at radius 3 is 2.56 bits per heavy atom. The SMILES string of the molecule is CC(C)Oc1ccc(C(=O)Nc2ccc3nc(-c4ccc5c(c4)OCCO5)cn3c2)cc1. The van der Waals surface area contributed by atoms with E-state index in [0.29, 0.717) is 24.5 Å². The number of nitrogens with one attached hydrogen (secondary N) is 1. The summed E-state index contributed by atoms with van der Waals surface area (Å²) >= 11 is 0. The molecular weight excluding hydrogens is 406 g/mol. The van der Waals surface area contributed by atoms with Crippen molar-refractivity contribution in [2.75, 3.05) is 18.5 Å². The summed E-state index contributed by atoms with van der Waals surface area (Å²) in [7, 11) is 0. The highest BCUT2D eigenvalue weighted by Crippen LogP contribution is 2.34. The Kier molecular flexibility index (Phi) is 5.15. The third-order valence-corrected chi connectivity index (χ3v) is 5.04. The second-order valence-electron chi connectivity index (χ2n) is 7.81. The van der Waals surface area contributed by atoms with Crippen molar-refractivity contribution in [2.45, 2.75) is 20.0 Å². The Hall–Kier alpha value is -4.00. The lowest BCUT2D eigenvalue weighted by molar-refractivity contribution is 0.102. The topological polar surface area (TPSA) is 74.1 Å². The Balaban J connectivity index is 1.34. The predicted octanol–water partition coefficient (Wildman–Crippen LogP) is 4.81. The van der Waals surface area contributed by atoms with Gasteiger partial charge < -0.3 is 23.9 Å². The van der Waals surface area contributed by atoms with E-state index in [1.54, 1.807) is 24.3 Å². The third-order valence-electron chi connectivity index (χ3n) is 5.04. The lowest BCUT2D eigenvalue weighted by atomic mass is 10.1. The normalized spacial score (nSPS) is 12.7. The highest BCUT2D eigenvalue weighted by molar-refractivity contribution is 6.04. The van der Waals surface area contributed by atoms with E-state index in [1.807, 2.05) is 61.0 Å². The van der Waals surface area contributed by atoms with Gasteiger partial charge in [-0.3, -0.25) is 4.79 Å². The van der Waals surface area contributed by atoms with Gasteiger partial charge in [0.25, 0.3) is 5.91 Å². The Bertz CT molecular complexity index is 1280. The fourth-order valence-electron chi connectivity index (χ4n) is 3.57. The molecule has 4 aromatic rings. The molecule has 0 aliphatic carbocycles. The Morgan fingerprint density at radius 1 is 1.00 bits per heavy atom. The average molecular weight is 429 g/mol. The van der Waals surface area contributed by atoms with Crippen molar-refractivity contribution in [1.29, 1.82) is 0 Å². The van der Waals surface area contributed by atoms with E-state index in [2.05, 4.69) is 10.3 Å². The van der Waals surface area contributed by atoms with Crippen LogP contribution in [0.4, 0.5) is 5.69 Å². The molecule has 1 aliphatic heterocycles. The molecule has 1 N–H and O–H groups in total. The number of carbonyl (C=O) groups excluding carboxylic acids is 1. The zero-order chi connectivity index (χ0) is 22.1. The van der Waals surface area contributed by atoms with Crippen molar-refractivity contribution < 1.29 is 19.0 Å². The molecule has 2 aromatic carbocycles. The predicted molar refractivity (Wildman–Crippen MR) is 122 cm³/mol. The van der Waals surface area contributed by atoms with Crippen molar-refractivity contribution in [2.24, 2.45) is 0 Å². The van der Waals surface area contributed by atoms with Crippen LogP contribution in [0.5, 0.6) is 17.2 Å². The Morgan fingerprint density at radius 2 is 1.78 bits per heavy atom. The molecule has 0 saturated heterocycles. The zero-order valence-corrected chi connectivity index (χ0v) is 17.9. The third kappa shape index (κ3) is 4.09. The molecule has 0 fully saturated rings. The molecule has 3 heterocycles. The van der Waals surface area contributed by atoms with Crippen LogP contribution < -0.4 is 19.5 Å². The second-order valence-corrected chi connectivity index (χ2v) is 7.81. The molecule has 1 amide bonds. The van der Waals surface area contributed by atoms with Gasteiger partial charge in [0.15, 0.2) is 11.5 Å². The number of benzene rings is 2. The molecule has 0 radical (unpaired) electrons. The average Bonchev–Trinajstić information content (AvgIpc) is 3.22. The maximum atomic E-state index is 12.6. The summed E-state index contributed by atoms with van der Waals surface area (Å²) in [6.45, 7) is 5.03. The highest BCUT2D eigenvalue weighted by Gasteiger charge is 2.14. The van der Waals surface area contributed by atoms with Gasteiger partial charge in [0.2, 0.25) is 0 Å². The summed E-state index contributed by atoms with van der Waals surface area (Å²) in [6, 6.07) is 16.6. The fraction of sp³-hybridized carbons (Fsp3) is 0.200.